The van der Waals surface area contributed by atoms with Gasteiger partial charge in [-0.2, -0.15) is 13.2 Å². The van der Waals surface area contributed by atoms with Gasteiger partial charge >= 0.3 is 6.18 Å². The lowest BCUT2D eigenvalue weighted by Gasteiger charge is -2.32. The maximum absolute atomic E-state index is 12.5. The fourth-order valence-corrected chi connectivity index (χ4v) is 4.95. The van der Waals surface area contributed by atoms with Crippen LogP contribution in [0, 0.1) is 6.92 Å². The van der Waals surface area contributed by atoms with E-state index in [-0.39, 0.29) is 6.04 Å². The summed E-state index contributed by atoms with van der Waals surface area (Å²) in [6.07, 6.45) is 2.16. The monoisotopic (exact) mass is 448 g/mol. The number of anilines is 1. The predicted molar refractivity (Wildman–Crippen MR) is 117 cm³/mol. The van der Waals surface area contributed by atoms with E-state index in [1.54, 1.807) is 12.4 Å². The zero-order valence-corrected chi connectivity index (χ0v) is 17.8. The van der Waals surface area contributed by atoms with Gasteiger partial charge in [0.25, 0.3) is 0 Å². The van der Waals surface area contributed by atoms with Gasteiger partial charge in [-0.1, -0.05) is 0 Å². The molecule has 3 aromatic rings. The zero-order chi connectivity index (χ0) is 22.0. The fourth-order valence-electron chi connectivity index (χ4n) is 3.86. The van der Waals surface area contributed by atoms with Gasteiger partial charge in [0, 0.05) is 54.5 Å². The summed E-state index contributed by atoms with van der Waals surface area (Å²) in [5.74, 6) is -1.28. The highest BCUT2D eigenvalue weighted by molar-refractivity contribution is 7.82. The normalized spacial score (nSPS) is 17.0. The molecular formula is C22H23F3N4OS. The summed E-state index contributed by atoms with van der Waals surface area (Å²) in [6.45, 7) is 2.67. The molecule has 1 atom stereocenters. The number of hydrogen-bond acceptors (Lipinski definition) is 4. The Morgan fingerprint density at radius 2 is 1.90 bits per heavy atom. The Morgan fingerprint density at radius 1 is 1.13 bits per heavy atom. The molecule has 164 valence electrons. The summed E-state index contributed by atoms with van der Waals surface area (Å²) < 4.78 is 51.0. The average molecular weight is 449 g/mol. The van der Waals surface area contributed by atoms with Crippen molar-refractivity contribution < 1.29 is 17.4 Å². The first-order valence-corrected chi connectivity index (χ1v) is 11.3. The second-order valence-corrected chi connectivity index (χ2v) is 9.18. The molecule has 0 amide bonds. The molecule has 3 heterocycles. The fraction of sp³-hybridized carbons (Fsp3) is 0.364. The molecule has 4 rings (SSSR count). The molecule has 0 aliphatic carbocycles. The van der Waals surface area contributed by atoms with Crippen LogP contribution in [0.2, 0.25) is 0 Å². The smallest absolute Gasteiger partial charge is 0.382 e. The van der Waals surface area contributed by atoms with Crippen molar-refractivity contribution in [2.24, 2.45) is 0 Å². The van der Waals surface area contributed by atoms with Crippen LogP contribution in [0.5, 0.6) is 0 Å². The molecule has 1 aromatic carbocycles. The number of halogens is 3. The molecule has 1 unspecified atom stereocenters. The number of nitrogens with one attached hydrogen (secondary N) is 1. The molecular weight excluding hydrogens is 425 g/mol. The van der Waals surface area contributed by atoms with Crippen LogP contribution in [0.25, 0.3) is 21.9 Å². The summed E-state index contributed by atoms with van der Waals surface area (Å²) >= 11 is 0. The van der Waals surface area contributed by atoms with Crippen molar-refractivity contribution in [3.8, 4) is 11.1 Å². The van der Waals surface area contributed by atoms with E-state index >= 15 is 0 Å². The predicted octanol–water partition coefficient (Wildman–Crippen LogP) is 4.71. The van der Waals surface area contributed by atoms with E-state index in [0.29, 0.717) is 25.9 Å². The van der Waals surface area contributed by atoms with E-state index in [0.717, 1.165) is 33.3 Å². The first-order valence-electron chi connectivity index (χ1n) is 10.1. The Morgan fingerprint density at radius 3 is 2.61 bits per heavy atom. The van der Waals surface area contributed by atoms with Crippen molar-refractivity contribution in [3.63, 3.8) is 0 Å². The van der Waals surface area contributed by atoms with E-state index in [9.17, 15) is 17.4 Å². The van der Waals surface area contributed by atoms with Crippen molar-refractivity contribution in [3.05, 3.63) is 54.6 Å². The minimum absolute atomic E-state index is 0.0805. The molecule has 1 N–H and O–H groups in total. The molecule has 1 saturated heterocycles. The summed E-state index contributed by atoms with van der Waals surface area (Å²) in [7, 11) is -2.03. The molecule has 1 aliphatic rings. The van der Waals surface area contributed by atoms with Crippen LogP contribution in [0.4, 0.5) is 18.9 Å². The van der Waals surface area contributed by atoms with E-state index in [4.69, 9.17) is 0 Å². The van der Waals surface area contributed by atoms with E-state index in [1.807, 2.05) is 31.3 Å². The summed E-state index contributed by atoms with van der Waals surface area (Å²) in [5.41, 5.74) is 3.98. The van der Waals surface area contributed by atoms with Crippen LogP contribution >= 0.6 is 0 Å². The van der Waals surface area contributed by atoms with Crippen molar-refractivity contribution >= 4 is 27.4 Å². The number of rotatable bonds is 5. The van der Waals surface area contributed by atoms with Crippen LogP contribution in [0.15, 0.2) is 48.9 Å². The molecule has 1 aliphatic heterocycles. The molecule has 5 nitrogen and oxygen atoms in total. The number of hydrogen-bond donors (Lipinski definition) is 1. The lowest BCUT2D eigenvalue weighted by Crippen LogP contribution is -2.42. The topological polar surface area (TPSA) is 58.1 Å². The highest BCUT2D eigenvalue weighted by Crippen LogP contribution is 2.32. The second-order valence-electron chi connectivity index (χ2n) is 7.74. The van der Waals surface area contributed by atoms with Gasteiger partial charge in [-0.15, -0.1) is 0 Å². The summed E-state index contributed by atoms with van der Waals surface area (Å²) in [6, 6.07) is 10.2. The number of benzene rings is 1. The first kappa shape index (κ1) is 21.7. The van der Waals surface area contributed by atoms with Gasteiger partial charge in [-0.25, -0.2) is 8.51 Å². The highest BCUT2D eigenvalue weighted by Gasteiger charge is 2.34. The van der Waals surface area contributed by atoms with E-state index < -0.39 is 22.9 Å². The Kier molecular flexibility index (Phi) is 6.24. The molecule has 0 bridgehead atoms. The standard InChI is InChI=1S/C22H23F3N4OS/c1-15-10-16(3-7-27-15)18-11-17-2-6-26-13-20(17)21(12-18)28-19-4-8-29(9-5-19)31(30)14-22(23,24)25/h2-3,6-7,10-13,19,28H,4-5,8-9,14H2,1H3. The molecule has 9 heteroatoms. The summed E-state index contributed by atoms with van der Waals surface area (Å²) in [4.78, 5) is 8.51. The van der Waals surface area contributed by atoms with E-state index in [1.165, 1.54) is 4.31 Å². The third-order valence-corrected chi connectivity index (χ3v) is 6.89. The maximum atomic E-state index is 12.5. The Hall–Kier alpha value is -2.52. The number of aryl methyl sites for hydroxylation is 1. The number of piperidine rings is 1. The largest absolute Gasteiger partial charge is 0.401 e. The maximum Gasteiger partial charge on any atom is 0.401 e. The number of aromatic nitrogens is 2. The van der Waals surface area contributed by atoms with E-state index in [2.05, 4.69) is 27.4 Å². The van der Waals surface area contributed by atoms with Crippen molar-refractivity contribution in [2.45, 2.75) is 32.0 Å². The third kappa shape index (κ3) is 5.40. The average Bonchev–Trinajstić information content (AvgIpc) is 2.73. The minimum Gasteiger partial charge on any atom is -0.382 e. The number of fused-ring (bicyclic) bond motifs is 1. The Bertz CT molecular complexity index is 1100. The third-order valence-electron chi connectivity index (χ3n) is 5.37. The second kappa shape index (κ2) is 8.92. The SMILES string of the molecule is Cc1cc(-c2cc(NC3CCN(S(=O)CC(F)(F)F)CC3)c3cnccc3c2)ccn1. The molecule has 1 fully saturated rings. The Labute approximate surface area is 181 Å². The lowest BCUT2D eigenvalue weighted by molar-refractivity contribution is -0.106. The molecule has 2 aromatic heterocycles. The minimum atomic E-state index is -4.42. The first-order chi connectivity index (χ1) is 14.8. The van der Waals surface area contributed by atoms with Gasteiger partial charge in [0.05, 0.1) is 0 Å². The van der Waals surface area contributed by atoms with Gasteiger partial charge in [0.15, 0.2) is 0 Å². The molecule has 0 radical (unpaired) electrons. The van der Waals surface area contributed by atoms with Crippen LogP contribution in [0.1, 0.15) is 18.5 Å². The molecule has 0 spiro atoms. The molecule has 31 heavy (non-hydrogen) atoms. The zero-order valence-electron chi connectivity index (χ0n) is 17.0. The molecule has 0 saturated carbocycles. The quantitative estimate of drug-likeness (QED) is 0.614. The Balaban J connectivity index is 1.53. The number of pyridine rings is 2. The van der Waals surface area contributed by atoms with Gasteiger partial charge in [-0.05, 0) is 66.6 Å². The van der Waals surface area contributed by atoms with Crippen molar-refractivity contribution in [2.75, 3.05) is 24.2 Å². The van der Waals surface area contributed by atoms with Gasteiger partial charge in [-0.3, -0.25) is 9.97 Å². The van der Waals surface area contributed by atoms with Gasteiger partial charge < -0.3 is 5.32 Å². The highest BCUT2D eigenvalue weighted by atomic mass is 32.2. The van der Waals surface area contributed by atoms with Crippen LogP contribution in [-0.4, -0.2) is 49.5 Å². The van der Waals surface area contributed by atoms with Crippen LogP contribution in [-0.2, 0) is 11.0 Å². The van der Waals surface area contributed by atoms with Gasteiger partial charge in [0.2, 0.25) is 0 Å². The van der Waals surface area contributed by atoms with Crippen molar-refractivity contribution in [1.82, 2.24) is 14.3 Å². The van der Waals surface area contributed by atoms with Crippen molar-refractivity contribution in [1.29, 1.82) is 0 Å². The lowest BCUT2D eigenvalue weighted by atomic mass is 9.99. The number of nitrogens with zero attached hydrogens (tertiary/aromatic N) is 3. The van der Waals surface area contributed by atoms with Crippen LogP contribution < -0.4 is 5.32 Å². The van der Waals surface area contributed by atoms with Gasteiger partial charge in [0.1, 0.15) is 16.7 Å². The number of alkyl halides is 3. The summed E-state index contributed by atoms with van der Waals surface area (Å²) in [5, 5.41) is 5.59. The van der Waals surface area contributed by atoms with Crippen LogP contribution in [0.3, 0.4) is 0 Å².